The lowest BCUT2D eigenvalue weighted by molar-refractivity contribution is -0.125. The maximum Gasteiger partial charge on any atom is 0.165 e. The van der Waals surface area contributed by atoms with E-state index in [4.69, 9.17) is 5.73 Å². The van der Waals surface area contributed by atoms with Gasteiger partial charge in [-0.1, -0.05) is 36.4 Å². The van der Waals surface area contributed by atoms with Crippen LogP contribution >= 0.6 is 0 Å². The summed E-state index contributed by atoms with van der Waals surface area (Å²) in [5.41, 5.74) is 8.31. The standard InChI is InChI=1S/C17H18N2O/c1-17(18,13-7-3-2-4-8-13)16(20)14-10-9-12-6-5-11-19-15(12)14/h2-8,11,14H,9-10,18H2,1H3. The van der Waals surface area contributed by atoms with Crippen molar-refractivity contribution in [2.45, 2.75) is 31.2 Å². The number of nitrogens with two attached hydrogens (primary N) is 1. The zero-order chi connectivity index (χ0) is 14.2. The van der Waals surface area contributed by atoms with Crippen LogP contribution in [0.1, 0.15) is 36.1 Å². The Morgan fingerprint density at radius 2 is 2.00 bits per heavy atom. The van der Waals surface area contributed by atoms with Crippen molar-refractivity contribution in [1.82, 2.24) is 4.98 Å². The Labute approximate surface area is 118 Å². The highest BCUT2D eigenvalue weighted by Crippen LogP contribution is 2.36. The molecule has 3 heteroatoms. The second-order valence-corrected chi connectivity index (χ2v) is 5.57. The van der Waals surface area contributed by atoms with Gasteiger partial charge in [-0.3, -0.25) is 9.78 Å². The van der Waals surface area contributed by atoms with E-state index < -0.39 is 5.54 Å². The minimum atomic E-state index is -0.967. The van der Waals surface area contributed by atoms with E-state index in [0.717, 1.165) is 24.1 Å². The molecule has 2 N–H and O–H groups in total. The fourth-order valence-electron chi connectivity index (χ4n) is 2.96. The second-order valence-electron chi connectivity index (χ2n) is 5.57. The number of benzene rings is 1. The molecule has 0 bridgehead atoms. The molecule has 3 nitrogen and oxygen atoms in total. The number of aromatic nitrogens is 1. The molecule has 0 amide bonds. The van der Waals surface area contributed by atoms with Crippen LogP contribution in [0.2, 0.25) is 0 Å². The number of aryl methyl sites for hydroxylation is 1. The molecule has 2 aromatic rings. The van der Waals surface area contributed by atoms with Gasteiger partial charge in [0, 0.05) is 6.20 Å². The summed E-state index contributed by atoms with van der Waals surface area (Å²) >= 11 is 0. The highest BCUT2D eigenvalue weighted by atomic mass is 16.1. The zero-order valence-corrected chi connectivity index (χ0v) is 11.5. The van der Waals surface area contributed by atoms with Crippen LogP contribution in [0.5, 0.6) is 0 Å². The van der Waals surface area contributed by atoms with Gasteiger partial charge in [0.25, 0.3) is 0 Å². The van der Waals surface area contributed by atoms with Crippen molar-refractivity contribution >= 4 is 5.78 Å². The average molecular weight is 266 g/mol. The average Bonchev–Trinajstić information content (AvgIpc) is 2.91. The largest absolute Gasteiger partial charge is 0.315 e. The summed E-state index contributed by atoms with van der Waals surface area (Å²) in [6.45, 7) is 1.80. The van der Waals surface area contributed by atoms with E-state index in [0.29, 0.717) is 0 Å². The normalized spacial score (nSPS) is 20.2. The number of pyridine rings is 1. The molecule has 1 aromatic heterocycles. The van der Waals surface area contributed by atoms with Gasteiger partial charge in [-0.25, -0.2) is 0 Å². The first-order valence-electron chi connectivity index (χ1n) is 6.93. The lowest BCUT2D eigenvalue weighted by Crippen LogP contribution is -2.44. The number of ketones is 1. The van der Waals surface area contributed by atoms with Crippen molar-refractivity contribution in [2.75, 3.05) is 0 Å². The molecule has 102 valence electrons. The lowest BCUT2D eigenvalue weighted by atomic mass is 9.81. The van der Waals surface area contributed by atoms with Crippen LogP contribution in [0, 0.1) is 0 Å². The Bertz CT molecular complexity index is 634. The topological polar surface area (TPSA) is 56.0 Å². The first kappa shape index (κ1) is 13.0. The van der Waals surface area contributed by atoms with Crippen molar-refractivity contribution in [2.24, 2.45) is 5.73 Å². The van der Waals surface area contributed by atoms with E-state index in [1.807, 2.05) is 42.5 Å². The quantitative estimate of drug-likeness (QED) is 0.929. The van der Waals surface area contributed by atoms with E-state index in [2.05, 4.69) is 4.98 Å². The van der Waals surface area contributed by atoms with Crippen LogP contribution in [-0.4, -0.2) is 10.8 Å². The molecule has 2 unspecified atom stereocenters. The fourth-order valence-corrected chi connectivity index (χ4v) is 2.96. The van der Waals surface area contributed by atoms with Gasteiger partial charge in [0.05, 0.1) is 17.2 Å². The smallest absolute Gasteiger partial charge is 0.165 e. The maximum atomic E-state index is 12.9. The van der Waals surface area contributed by atoms with E-state index in [-0.39, 0.29) is 11.7 Å². The van der Waals surface area contributed by atoms with Crippen LogP contribution < -0.4 is 5.73 Å². The summed E-state index contributed by atoms with van der Waals surface area (Å²) in [5.74, 6) is -0.123. The Kier molecular flexibility index (Phi) is 3.14. The van der Waals surface area contributed by atoms with Crippen molar-refractivity contribution in [3.8, 4) is 0 Å². The molecule has 3 rings (SSSR count). The van der Waals surface area contributed by atoms with Crippen LogP contribution in [-0.2, 0) is 16.8 Å². The molecule has 0 saturated heterocycles. The summed E-state index contributed by atoms with van der Waals surface area (Å²) in [5, 5.41) is 0. The molecule has 0 radical (unpaired) electrons. The number of hydrogen-bond donors (Lipinski definition) is 1. The summed E-state index contributed by atoms with van der Waals surface area (Å²) in [6.07, 6.45) is 3.47. The molecular weight excluding hydrogens is 248 g/mol. The summed E-state index contributed by atoms with van der Waals surface area (Å²) in [4.78, 5) is 17.3. The lowest BCUT2D eigenvalue weighted by Gasteiger charge is -2.27. The fraction of sp³-hybridized carbons (Fsp3) is 0.294. The first-order chi connectivity index (χ1) is 9.60. The molecule has 1 aliphatic rings. The highest BCUT2D eigenvalue weighted by molar-refractivity contribution is 5.95. The number of fused-ring (bicyclic) bond motifs is 1. The van der Waals surface area contributed by atoms with Crippen molar-refractivity contribution in [1.29, 1.82) is 0 Å². The number of Topliss-reactive ketones (excluding diaryl/α,β-unsaturated/α-hetero) is 1. The second kappa shape index (κ2) is 4.84. The highest BCUT2D eigenvalue weighted by Gasteiger charge is 2.39. The summed E-state index contributed by atoms with van der Waals surface area (Å²) in [7, 11) is 0. The van der Waals surface area contributed by atoms with Crippen molar-refractivity contribution in [3.63, 3.8) is 0 Å². The van der Waals surface area contributed by atoms with Crippen LogP contribution in [0.15, 0.2) is 48.7 Å². The molecule has 1 heterocycles. The van der Waals surface area contributed by atoms with Crippen molar-refractivity contribution < 1.29 is 4.79 Å². The predicted octanol–water partition coefficient (Wildman–Crippen LogP) is 2.55. The maximum absolute atomic E-state index is 12.9. The Hall–Kier alpha value is -2.00. The molecule has 0 saturated carbocycles. The minimum absolute atomic E-state index is 0.0566. The molecule has 20 heavy (non-hydrogen) atoms. The predicted molar refractivity (Wildman–Crippen MR) is 78.3 cm³/mol. The third-order valence-electron chi connectivity index (χ3n) is 4.16. The molecule has 0 spiro atoms. The van der Waals surface area contributed by atoms with Gasteiger partial charge in [-0.15, -0.1) is 0 Å². The minimum Gasteiger partial charge on any atom is -0.315 e. The van der Waals surface area contributed by atoms with Gasteiger partial charge in [-0.2, -0.15) is 0 Å². The molecule has 1 aliphatic carbocycles. The SMILES string of the molecule is CC(N)(C(=O)C1CCc2cccnc21)c1ccccc1. The van der Waals surface area contributed by atoms with Gasteiger partial charge < -0.3 is 5.73 Å². The molecule has 0 fully saturated rings. The number of carbonyl (C=O) groups is 1. The number of rotatable bonds is 3. The summed E-state index contributed by atoms with van der Waals surface area (Å²) < 4.78 is 0. The van der Waals surface area contributed by atoms with Gasteiger partial charge in [0.2, 0.25) is 0 Å². The van der Waals surface area contributed by atoms with E-state index >= 15 is 0 Å². The monoisotopic (exact) mass is 266 g/mol. The number of carbonyl (C=O) groups excluding carboxylic acids is 1. The molecular formula is C17H18N2O. The van der Waals surface area contributed by atoms with Crippen LogP contribution in [0.25, 0.3) is 0 Å². The van der Waals surface area contributed by atoms with Crippen LogP contribution in [0.3, 0.4) is 0 Å². The molecule has 2 atom stereocenters. The van der Waals surface area contributed by atoms with Gasteiger partial charge in [0.1, 0.15) is 0 Å². The van der Waals surface area contributed by atoms with E-state index in [1.54, 1.807) is 13.1 Å². The number of nitrogens with zero attached hydrogens (tertiary/aromatic N) is 1. The molecule has 0 aliphatic heterocycles. The van der Waals surface area contributed by atoms with Crippen molar-refractivity contribution in [3.05, 3.63) is 65.5 Å². The third-order valence-corrected chi connectivity index (χ3v) is 4.16. The van der Waals surface area contributed by atoms with E-state index in [1.165, 1.54) is 5.56 Å². The van der Waals surface area contributed by atoms with Crippen LogP contribution in [0.4, 0.5) is 0 Å². The summed E-state index contributed by atoms with van der Waals surface area (Å²) in [6, 6.07) is 13.5. The van der Waals surface area contributed by atoms with E-state index in [9.17, 15) is 4.79 Å². The number of hydrogen-bond acceptors (Lipinski definition) is 3. The third kappa shape index (κ3) is 2.04. The van der Waals surface area contributed by atoms with Gasteiger partial charge >= 0.3 is 0 Å². The van der Waals surface area contributed by atoms with Gasteiger partial charge in [0.15, 0.2) is 5.78 Å². The van der Waals surface area contributed by atoms with Gasteiger partial charge in [-0.05, 0) is 37.0 Å². The zero-order valence-electron chi connectivity index (χ0n) is 11.5. The first-order valence-corrected chi connectivity index (χ1v) is 6.93. The Balaban J connectivity index is 1.94. The molecule has 1 aromatic carbocycles. The Morgan fingerprint density at radius 3 is 2.75 bits per heavy atom. The Morgan fingerprint density at radius 1 is 1.25 bits per heavy atom.